The third kappa shape index (κ3) is 3.06. The van der Waals surface area contributed by atoms with E-state index in [1.807, 2.05) is 23.2 Å². The van der Waals surface area contributed by atoms with E-state index >= 15 is 0 Å². The van der Waals surface area contributed by atoms with Crippen LogP contribution in [-0.2, 0) is 0 Å². The van der Waals surface area contributed by atoms with Crippen LogP contribution >= 0.6 is 0 Å². The minimum atomic E-state index is 0.0462. The first-order valence-electron chi connectivity index (χ1n) is 9.90. The van der Waals surface area contributed by atoms with Gasteiger partial charge in [0.1, 0.15) is 6.61 Å². The van der Waals surface area contributed by atoms with Gasteiger partial charge in [-0.05, 0) is 43.5 Å². The van der Waals surface area contributed by atoms with Crippen LogP contribution in [0.3, 0.4) is 0 Å². The van der Waals surface area contributed by atoms with Crippen LogP contribution in [0.2, 0.25) is 0 Å². The Morgan fingerprint density at radius 3 is 2.89 bits per heavy atom. The minimum Gasteiger partial charge on any atom is -0.488 e. The molecule has 1 fully saturated rings. The molecule has 7 nitrogen and oxygen atoms in total. The van der Waals surface area contributed by atoms with Crippen molar-refractivity contribution in [1.82, 2.24) is 9.88 Å². The number of amides is 1. The molecule has 0 atom stereocenters. The van der Waals surface area contributed by atoms with Gasteiger partial charge in [-0.25, -0.2) is 4.98 Å². The highest BCUT2D eigenvalue weighted by Gasteiger charge is 2.25. The fourth-order valence-corrected chi connectivity index (χ4v) is 3.99. The number of rotatable bonds is 2. The lowest BCUT2D eigenvalue weighted by molar-refractivity contribution is 0.0723. The molecule has 2 aromatic rings. The molecule has 7 heteroatoms. The number of benzene rings is 1. The highest BCUT2D eigenvalue weighted by Crippen LogP contribution is 2.39. The normalized spacial score (nSPS) is 18.0. The number of aromatic nitrogens is 1. The van der Waals surface area contributed by atoms with Gasteiger partial charge in [-0.3, -0.25) is 9.79 Å². The second kappa shape index (κ2) is 7.14. The molecule has 1 aromatic heterocycles. The molecule has 1 N–H and O–H groups in total. The number of piperidine rings is 1. The Labute approximate surface area is 164 Å². The predicted octanol–water partition coefficient (Wildman–Crippen LogP) is 3.37. The molecule has 0 spiro atoms. The van der Waals surface area contributed by atoms with Gasteiger partial charge >= 0.3 is 0 Å². The van der Waals surface area contributed by atoms with Crippen molar-refractivity contribution in [3.63, 3.8) is 0 Å². The summed E-state index contributed by atoms with van der Waals surface area (Å²) < 4.78 is 5.85. The van der Waals surface area contributed by atoms with Crippen molar-refractivity contribution < 1.29 is 9.53 Å². The average Bonchev–Trinajstić information content (AvgIpc) is 2.78. The van der Waals surface area contributed by atoms with Gasteiger partial charge in [0.2, 0.25) is 0 Å². The molecule has 144 valence electrons. The first-order valence-corrected chi connectivity index (χ1v) is 9.90. The zero-order valence-electron chi connectivity index (χ0n) is 15.7. The van der Waals surface area contributed by atoms with Crippen molar-refractivity contribution in [3.8, 4) is 5.75 Å². The van der Waals surface area contributed by atoms with Gasteiger partial charge in [0.05, 0.1) is 30.0 Å². The molecule has 1 saturated heterocycles. The molecule has 0 unspecified atom stereocenters. The Kier molecular flexibility index (Phi) is 4.35. The van der Waals surface area contributed by atoms with Crippen molar-refractivity contribution in [1.29, 1.82) is 0 Å². The van der Waals surface area contributed by atoms with E-state index in [2.05, 4.69) is 32.3 Å². The van der Waals surface area contributed by atoms with Gasteiger partial charge in [-0.15, -0.1) is 0 Å². The molecule has 3 aliphatic heterocycles. The first-order chi connectivity index (χ1) is 13.8. The van der Waals surface area contributed by atoms with Gasteiger partial charge in [0, 0.05) is 31.2 Å². The quantitative estimate of drug-likeness (QED) is 0.869. The van der Waals surface area contributed by atoms with Crippen molar-refractivity contribution in [2.45, 2.75) is 19.3 Å². The number of pyridine rings is 1. The number of carbonyl (C=O) groups is 1. The molecule has 0 saturated carbocycles. The van der Waals surface area contributed by atoms with E-state index in [1.165, 1.54) is 6.42 Å². The molecular weight excluding hydrogens is 354 g/mol. The summed E-state index contributed by atoms with van der Waals surface area (Å²) in [4.78, 5) is 25.9. The first kappa shape index (κ1) is 17.0. The number of hydrogen-bond donors (Lipinski definition) is 1. The summed E-state index contributed by atoms with van der Waals surface area (Å²) in [5.41, 5.74) is 3.58. The van der Waals surface area contributed by atoms with Crippen LogP contribution in [0.1, 0.15) is 29.6 Å². The van der Waals surface area contributed by atoms with Gasteiger partial charge < -0.3 is 19.9 Å². The highest BCUT2D eigenvalue weighted by molar-refractivity contribution is 5.95. The molecule has 28 heavy (non-hydrogen) atoms. The summed E-state index contributed by atoms with van der Waals surface area (Å²) in [7, 11) is 0. The molecule has 1 amide bonds. The van der Waals surface area contributed by atoms with E-state index in [9.17, 15) is 4.79 Å². The molecule has 4 heterocycles. The Morgan fingerprint density at radius 1 is 1.11 bits per heavy atom. The van der Waals surface area contributed by atoms with Crippen LogP contribution in [0.4, 0.5) is 22.9 Å². The molecule has 0 radical (unpaired) electrons. The van der Waals surface area contributed by atoms with Crippen molar-refractivity contribution in [3.05, 3.63) is 36.0 Å². The molecule has 3 aliphatic rings. The van der Waals surface area contributed by atoms with E-state index in [0.717, 1.165) is 55.4 Å². The second-order valence-corrected chi connectivity index (χ2v) is 7.29. The van der Waals surface area contributed by atoms with E-state index in [0.29, 0.717) is 24.5 Å². The Morgan fingerprint density at radius 2 is 2.00 bits per heavy atom. The number of hydrogen-bond acceptors (Lipinski definition) is 6. The number of likely N-dealkylation sites (tertiary alicyclic amines) is 1. The minimum absolute atomic E-state index is 0.0462. The predicted molar refractivity (Wildman–Crippen MR) is 110 cm³/mol. The Hall–Kier alpha value is -3.09. The van der Waals surface area contributed by atoms with Crippen LogP contribution in [0.25, 0.3) is 0 Å². The monoisotopic (exact) mass is 377 g/mol. The number of fused-ring (bicyclic) bond motifs is 2. The van der Waals surface area contributed by atoms with Crippen LogP contribution in [-0.4, -0.2) is 54.8 Å². The summed E-state index contributed by atoms with van der Waals surface area (Å²) in [6.45, 7) is 3.66. The fraction of sp³-hybridized carbons (Fsp3) is 0.381. The van der Waals surface area contributed by atoms with Crippen LogP contribution in [0, 0.1) is 0 Å². The topological polar surface area (TPSA) is 70.1 Å². The second-order valence-electron chi connectivity index (χ2n) is 7.29. The SMILES string of the molecule is O=C(c1cnc2c(c1)OCCN2c1ccc2c(c1)N=CCN2)N1CCCCC1. The van der Waals surface area contributed by atoms with Crippen LogP contribution < -0.4 is 15.0 Å². The maximum atomic E-state index is 12.8. The Bertz CT molecular complexity index is 936. The smallest absolute Gasteiger partial charge is 0.255 e. The third-order valence-electron chi connectivity index (χ3n) is 5.46. The Balaban J connectivity index is 1.44. The number of anilines is 3. The summed E-state index contributed by atoms with van der Waals surface area (Å²) in [6.07, 6.45) is 6.89. The molecule has 5 rings (SSSR count). The van der Waals surface area contributed by atoms with Gasteiger partial charge in [0.25, 0.3) is 5.91 Å². The van der Waals surface area contributed by atoms with E-state index < -0.39 is 0 Å². The van der Waals surface area contributed by atoms with E-state index in [4.69, 9.17) is 4.74 Å². The number of aliphatic imine (C=N–C) groups is 1. The lowest BCUT2D eigenvalue weighted by Gasteiger charge is -2.31. The summed E-state index contributed by atoms with van der Waals surface area (Å²) in [5, 5.41) is 3.31. The van der Waals surface area contributed by atoms with Gasteiger partial charge in [-0.2, -0.15) is 0 Å². The molecule has 0 bridgehead atoms. The number of nitrogens with zero attached hydrogens (tertiary/aromatic N) is 4. The number of ether oxygens (including phenoxy) is 1. The zero-order chi connectivity index (χ0) is 18.9. The van der Waals surface area contributed by atoms with E-state index in [-0.39, 0.29) is 5.91 Å². The lowest BCUT2D eigenvalue weighted by Crippen LogP contribution is -2.36. The van der Waals surface area contributed by atoms with Crippen molar-refractivity contribution in [2.24, 2.45) is 4.99 Å². The van der Waals surface area contributed by atoms with Gasteiger partial charge in [0.15, 0.2) is 11.6 Å². The number of nitrogens with one attached hydrogen (secondary N) is 1. The van der Waals surface area contributed by atoms with Gasteiger partial charge in [-0.1, -0.05) is 0 Å². The molecular formula is C21H23N5O2. The van der Waals surface area contributed by atoms with Crippen LogP contribution in [0.5, 0.6) is 5.75 Å². The van der Waals surface area contributed by atoms with Crippen molar-refractivity contribution >= 4 is 35.0 Å². The maximum Gasteiger partial charge on any atom is 0.255 e. The fourth-order valence-electron chi connectivity index (χ4n) is 3.99. The maximum absolute atomic E-state index is 12.8. The van der Waals surface area contributed by atoms with Crippen molar-refractivity contribution in [2.75, 3.05) is 43.0 Å². The summed E-state index contributed by atoms with van der Waals surface area (Å²) in [5.74, 6) is 1.45. The third-order valence-corrected chi connectivity index (χ3v) is 5.46. The largest absolute Gasteiger partial charge is 0.488 e. The highest BCUT2D eigenvalue weighted by atomic mass is 16.5. The molecule has 0 aliphatic carbocycles. The standard InChI is InChI=1S/C21H23N5O2/c27-21(25-8-2-1-3-9-25)15-12-19-20(24-14-15)26(10-11-28-19)16-4-5-17-18(13-16)23-7-6-22-17/h4-5,7,12-14,22H,1-3,6,8-11H2. The van der Waals surface area contributed by atoms with Crippen LogP contribution in [0.15, 0.2) is 35.5 Å². The number of carbonyl (C=O) groups excluding carboxylic acids is 1. The summed E-state index contributed by atoms with van der Waals surface area (Å²) >= 11 is 0. The zero-order valence-corrected chi connectivity index (χ0v) is 15.7. The lowest BCUT2D eigenvalue weighted by atomic mass is 10.1. The molecule has 1 aromatic carbocycles. The summed E-state index contributed by atoms with van der Waals surface area (Å²) in [6, 6.07) is 8.01. The van der Waals surface area contributed by atoms with E-state index in [1.54, 1.807) is 6.20 Å². The average molecular weight is 377 g/mol.